The normalized spacial score (nSPS) is 20.4. The van der Waals surface area contributed by atoms with E-state index in [1.807, 2.05) is 0 Å². The molecule has 0 bridgehead atoms. The van der Waals surface area contributed by atoms with Crippen LogP contribution < -0.4 is 5.32 Å². The zero-order valence-electron chi connectivity index (χ0n) is 13.4. The summed E-state index contributed by atoms with van der Waals surface area (Å²) in [5.74, 6) is -0.871. The molecule has 1 aromatic carbocycles. The Morgan fingerprint density at radius 3 is 2.52 bits per heavy atom. The maximum Gasteiger partial charge on any atom is 0.162 e. The van der Waals surface area contributed by atoms with Gasteiger partial charge in [-0.15, -0.1) is 0 Å². The number of benzene rings is 1. The van der Waals surface area contributed by atoms with Gasteiger partial charge in [-0.25, -0.2) is 8.78 Å². The van der Waals surface area contributed by atoms with Crippen molar-refractivity contribution in [3.63, 3.8) is 0 Å². The molecule has 1 unspecified atom stereocenters. The maximum atomic E-state index is 13.9. The summed E-state index contributed by atoms with van der Waals surface area (Å²) in [7, 11) is 0. The van der Waals surface area contributed by atoms with Gasteiger partial charge in [0, 0.05) is 6.04 Å². The number of hydrogen-bond acceptors (Lipinski definition) is 1. The monoisotopic (exact) mass is 295 g/mol. The SMILES string of the molecule is CCNC(Cc1cccc(F)c1F)C1CCC(C)(C)CC1. The highest BCUT2D eigenvalue weighted by Gasteiger charge is 2.31. The highest BCUT2D eigenvalue weighted by atomic mass is 19.2. The van der Waals surface area contributed by atoms with Crippen LogP contribution in [-0.2, 0) is 6.42 Å². The van der Waals surface area contributed by atoms with E-state index in [4.69, 9.17) is 0 Å². The second-order valence-corrected chi connectivity index (χ2v) is 7.08. The number of rotatable bonds is 5. The van der Waals surface area contributed by atoms with Crippen LogP contribution in [-0.4, -0.2) is 12.6 Å². The van der Waals surface area contributed by atoms with Gasteiger partial charge in [0.25, 0.3) is 0 Å². The van der Waals surface area contributed by atoms with E-state index in [0.717, 1.165) is 6.54 Å². The quantitative estimate of drug-likeness (QED) is 0.830. The van der Waals surface area contributed by atoms with E-state index in [0.29, 0.717) is 23.3 Å². The molecule has 3 heteroatoms. The molecule has 0 aromatic heterocycles. The molecule has 1 saturated carbocycles. The molecule has 1 fully saturated rings. The molecule has 0 aliphatic heterocycles. The summed E-state index contributed by atoms with van der Waals surface area (Å²) in [6.45, 7) is 7.57. The lowest BCUT2D eigenvalue weighted by Gasteiger charge is -2.38. The average molecular weight is 295 g/mol. The lowest BCUT2D eigenvalue weighted by Crippen LogP contribution is -2.41. The van der Waals surface area contributed by atoms with Gasteiger partial charge in [-0.05, 0) is 61.6 Å². The van der Waals surface area contributed by atoms with E-state index in [9.17, 15) is 8.78 Å². The van der Waals surface area contributed by atoms with Gasteiger partial charge < -0.3 is 5.32 Å². The lowest BCUT2D eigenvalue weighted by atomic mass is 9.70. The van der Waals surface area contributed by atoms with E-state index >= 15 is 0 Å². The van der Waals surface area contributed by atoms with Crippen molar-refractivity contribution in [2.45, 2.75) is 58.9 Å². The summed E-state index contributed by atoms with van der Waals surface area (Å²) in [6, 6.07) is 4.72. The van der Waals surface area contributed by atoms with Crippen molar-refractivity contribution in [2.75, 3.05) is 6.54 Å². The molecular weight excluding hydrogens is 268 g/mol. The number of likely N-dealkylation sites (N-methyl/N-ethyl adjacent to an activating group) is 1. The average Bonchev–Trinajstić information content (AvgIpc) is 2.43. The lowest BCUT2D eigenvalue weighted by molar-refractivity contribution is 0.161. The summed E-state index contributed by atoms with van der Waals surface area (Å²) in [6.07, 6.45) is 5.34. The molecular formula is C18H27F2N. The third-order valence-electron chi connectivity index (χ3n) is 4.89. The molecule has 118 valence electrons. The zero-order valence-corrected chi connectivity index (χ0v) is 13.4. The van der Waals surface area contributed by atoms with Gasteiger partial charge in [0.2, 0.25) is 0 Å². The molecule has 21 heavy (non-hydrogen) atoms. The van der Waals surface area contributed by atoms with Crippen LogP contribution in [0.2, 0.25) is 0 Å². The van der Waals surface area contributed by atoms with Crippen LogP contribution in [0.3, 0.4) is 0 Å². The van der Waals surface area contributed by atoms with Gasteiger partial charge in [-0.2, -0.15) is 0 Å². The second-order valence-electron chi connectivity index (χ2n) is 7.08. The van der Waals surface area contributed by atoms with Crippen molar-refractivity contribution in [3.8, 4) is 0 Å². The predicted molar refractivity (Wildman–Crippen MR) is 83.3 cm³/mol. The molecule has 0 radical (unpaired) electrons. The van der Waals surface area contributed by atoms with Crippen molar-refractivity contribution in [3.05, 3.63) is 35.4 Å². The molecule has 1 aliphatic rings. The van der Waals surface area contributed by atoms with Crippen molar-refractivity contribution >= 4 is 0 Å². The summed E-state index contributed by atoms with van der Waals surface area (Å²) in [5, 5.41) is 3.49. The van der Waals surface area contributed by atoms with Gasteiger partial charge in [-0.3, -0.25) is 0 Å². The Kier molecular flexibility index (Phi) is 5.37. The van der Waals surface area contributed by atoms with Crippen molar-refractivity contribution < 1.29 is 8.78 Å². The number of halogens is 2. The molecule has 0 saturated heterocycles. The first-order valence-electron chi connectivity index (χ1n) is 8.09. The maximum absolute atomic E-state index is 13.9. The fourth-order valence-electron chi connectivity index (χ4n) is 3.43. The summed E-state index contributed by atoms with van der Waals surface area (Å²) < 4.78 is 27.3. The van der Waals surface area contributed by atoms with Gasteiger partial charge >= 0.3 is 0 Å². The zero-order chi connectivity index (χ0) is 15.5. The summed E-state index contributed by atoms with van der Waals surface area (Å²) in [4.78, 5) is 0. The molecule has 2 rings (SSSR count). The fourth-order valence-corrected chi connectivity index (χ4v) is 3.43. The number of nitrogens with one attached hydrogen (secondary N) is 1. The first kappa shape index (κ1) is 16.4. The molecule has 1 N–H and O–H groups in total. The summed E-state index contributed by atoms with van der Waals surface area (Å²) in [5.41, 5.74) is 0.919. The molecule has 0 spiro atoms. The predicted octanol–water partition coefficient (Wildman–Crippen LogP) is 4.70. The number of hydrogen-bond donors (Lipinski definition) is 1. The third kappa shape index (κ3) is 4.26. The fraction of sp³-hybridized carbons (Fsp3) is 0.667. The Hall–Kier alpha value is -0.960. The van der Waals surface area contributed by atoms with E-state index in [2.05, 4.69) is 26.1 Å². The minimum atomic E-state index is -0.743. The van der Waals surface area contributed by atoms with Crippen LogP contribution in [0.15, 0.2) is 18.2 Å². The Morgan fingerprint density at radius 1 is 1.24 bits per heavy atom. The third-order valence-corrected chi connectivity index (χ3v) is 4.89. The first-order valence-corrected chi connectivity index (χ1v) is 8.09. The van der Waals surface area contributed by atoms with Crippen LogP contribution in [0.1, 0.15) is 52.0 Å². The molecule has 1 aliphatic carbocycles. The van der Waals surface area contributed by atoms with Crippen molar-refractivity contribution in [1.29, 1.82) is 0 Å². The highest BCUT2D eigenvalue weighted by Crippen LogP contribution is 2.39. The highest BCUT2D eigenvalue weighted by molar-refractivity contribution is 5.20. The van der Waals surface area contributed by atoms with Crippen LogP contribution in [0.4, 0.5) is 8.78 Å². The van der Waals surface area contributed by atoms with Crippen LogP contribution >= 0.6 is 0 Å². The van der Waals surface area contributed by atoms with Crippen molar-refractivity contribution in [2.24, 2.45) is 11.3 Å². The van der Waals surface area contributed by atoms with Gasteiger partial charge in [0.05, 0.1) is 0 Å². The topological polar surface area (TPSA) is 12.0 Å². The molecule has 1 atom stereocenters. The first-order chi connectivity index (χ1) is 9.93. The van der Waals surface area contributed by atoms with E-state index in [1.54, 1.807) is 12.1 Å². The molecule has 0 heterocycles. The van der Waals surface area contributed by atoms with Crippen LogP contribution in [0, 0.1) is 23.0 Å². The second kappa shape index (κ2) is 6.87. The van der Waals surface area contributed by atoms with Gasteiger partial charge in [0.15, 0.2) is 11.6 Å². The molecule has 1 aromatic rings. The Morgan fingerprint density at radius 2 is 1.90 bits per heavy atom. The van der Waals surface area contributed by atoms with Gasteiger partial charge in [-0.1, -0.05) is 32.9 Å². The molecule has 1 nitrogen and oxygen atoms in total. The van der Waals surface area contributed by atoms with Crippen molar-refractivity contribution in [1.82, 2.24) is 5.32 Å². The van der Waals surface area contributed by atoms with Crippen LogP contribution in [0.5, 0.6) is 0 Å². The van der Waals surface area contributed by atoms with E-state index < -0.39 is 11.6 Å². The Balaban J connectivity index is 2.07. The minimum absolute atomic E-state index is 0.238. The largest absolute Gasteiger partial charge is 0.314 e. The Labute approximate surface area is 127 Å². The standard InChI is InChI=1S/C18H27F2N/c1-4-21-16(13-8-10-18(2,3)11-9-13)12-14-6-5-7-15(19)17(14)20/h5-7,13,16,21H,4,8-12H2,1-3H3. The smallest absolute Gasteiger partial charge is 0.162 e. The van der Waals surface area contributed by atoms with E-state index in [1.165, 1.54) is 31.7 Å². The van der Waals surface area contributed by atoms with Gasteiger partial charge in [0.1, 0.15) is 0 Å². The van der Waals surface area contributed by atoms with E-state index in [-0.39, 0.29) is 6.04 Å². The minimum Gasteiger partial charge on any atom is -0.314 e. The summed E-state index contributed by atoms with van der Waals surface area (Å²) >= 11 is 0. The molecule has 0 amide bonds. The van der Waals surface area contributed by atoms with Crippen LogP contribution in [0.25, 0.3) is 0 Å². The Bertz CT molecular complexity index is 460.